The molecule has 1 unspecified atom stereocenters. The number of methoxy groups -OCH3 is 2. The van der Waals surface area contributed by atoms with E-state index in [4.69, 9.17) is 9.47 Å². The molecule has 1 fully saturated rings. The molecule has 2 rings (SSSR count). The first kappa shape index (κ1) is 13.0. The van der Waals surface area contributed by atoms with Gasteiger partial charge in [0.25, 0.3) is 0 Å². The van der Waals surface area contributed by atoms with E-state index in [0.717, 1.165) is 30.3 Å². The Bertz CT molecular complexity index is 354. The summed E-state index contributed by atoms with van der Waals surface area (Å²) in [4.78, 5) is 0. The highest BCUT2D eigenvalue weighted by atomic mass is 16.5. The molecule has 1 aliphatic heterocycles. The molecule has 1 saturated heterocycles. The third-order valence-corrected chi connectivity index (χ3v) is 3.32. The number of benzene rings is 1. The highest BCUT2D eigenvalue weighted by Gasteiger charge is 2.12. The highest BCUT2D eigenvalue weighted by molar-refractivity contribution is 5.53. The summed E-state index contributed by atoms with van der Waals surface area (Å²) in [7, 11) is 3.34. The maximum Gasteiger partial charge on any atom is 0.124 e. The zero-order valence-electron chi connectivity index (χ0n) is 11.2. The number of ether oxygens (including phenoxy) is 2. The first-order valence-corrected chi connectivity index (χ1v) is 6.52. The van der Waals surface area contributed by atoms with Crippen LogP contribution >= 0.6 is 0 Å². The van der Waals surface area contributed by atoms with Gasteiger partial charge in [-0.25, -0.2) is 0 Å². The third-order valence-electron chi connectivity index (χ3n) is 3.32. The zero-order valence-corrected chi connectivity index (χ0v) is 11.2. The van der Waals surface area contributed by atoms with Crippen LogP contribution in [0.15, 0.2) is 18.2 Å². The van der Waals surface area contributed by atoms with Gasteiger partial charge >= 0.3 is 0 Å². The van der Waals surface area contributed by atoms with Crippen LogP contribution in [0.3, 0.4) is 0 Å². The minimum atomic E-state index is 0.566. The van der Waals surface area contributed by atoms with E-state index >= 15 is 0 Å². The Hall–Kier alpha value is -1.42. The lowest BCUT2D eigenvalue weighted by Gasteiger charge is -2.24. The van der Waals surface area contributed by atoms with Gasteiger partial charge in [-0.15, -0.1) is 0 Å². The Kier molecular flexibility index (Phi) is 4.70. The van der Waals surface area contributed by atoms with Crippen LogP contribution in [0.5, 0.6) is 11.5 Å². The number of hydrogen-bond acceptors (Lipinski definition) is 4. The van der Waals surface area contributed by atoms with Crippen LogP contribution in [0.2, 0.25) is 0 Å². The van der Waals surface area contributed by atoms with Crippen molar-refractivity contribution in [2.75, 3.05) is 32.6 Å². The second-order valence-electron chi connectivity index (χ2n) is 4.63. The van der Waals surface area contributed by atoms with Gasteiger partial charge < -0.3 is 20.1 Å². The van der Waals surface area contributed by atoms with Crippen LogP contribution in [0.25, 0.3) is 0 Å². The molecule has 1 heterocycles. The van der Waals surface area contributed by atoms with Crippen molar-refractivity contribution in [3.8, 4) is 11.5 Å². The normalized spacial score (nSPS) is 19.3. The fraction of sp³-hybridized carbons (Fsp3) is 0.571. The van der Waals surface area contributed by atoms with E-state index in [-0.39, 0.29) is 0 Å². The largest absolute Gasteiger partial charge is 0.497 e. The molecule has 0 amide bonds. The fourth-order valence-electron chi connectivity index (χ4n) is 2.25. The molecule has 0 bridgehead atoms. The van der Waals surface area contributed by atoms with E-state index in [1.54, 1.807) is 14.2 Å². The summed E-state index contributed by atoms with van der Waals surface area (Å²) in [6, 6.07) is 6.43. The summed E-state index contributed by atoms with van der Waals surface area (Å²) >= 11 is 0. The lowest BCUT2D eigenvalue weighted by molar-refractivity contribution is 0.394. The van der Waals surface area contributed by atoms with E-state index < -0.39 is 0 Å². The molecule has 0 saturated carbocycles. The Morgan fingerprint density at radius 1 is 1.17 bits per heavy atom. The van der Waals surface area contributed by atoms with Crippen LogP contribution in [-0.2, 0) is 0 Å². The van der Waals surface area contributed by atoms with Gasteiger partial charge in [-0.05, 0) is 19.4 Å². The van der Waals surface area contributed by atoms with Gasteiger partial charge in [-0.2, -0.15) is 0 Å². The Morgan fingerprint density at radius 2 is 1.89 bits per heavy atom. The predicted octanol–water partition coefficient (Wildman–Crippen LogP) is 2.26. The second kappa shape index (κ2) is 6.50. The number of hydrogen-bond donors (Lipinski definition) is 2. The molecule has 4 heteroatoms. The first-order valence-electron chi connectivity index (χ1n) is 6.52. The SMILES string of the molecule is COc1cc(NCC2CCCCN2)cc(OC)c1. The van der Waals surface area contributed by atoms with E-state index in [1.165, 1.54) is 19.3 Å². The monoisotopic (exact) mass is 250 g/mol. The van der Waals surface area contributed by atoms with Crippen molar-refractivity contribution in [2.24, 2.45) is 0 Å². The molecule has 18 heavy (non-hydrogen) atoms. The minimum absolute atomic E-state index is 0.566. The van der Waals surface area contributed by atoms with Crippen molar-refractivity contribution >= 4 is 5.69 Å². The maximum atomic E-state index is 5.25. The second-order valence-corrected chi connectivity index (χ2v) is 4.63. The lowest BCUT2D eigenvalue weighted by atomic mass is 10.1. The standard InChI is InChI=1S/C14H22N2O2/c1-17-13-7-12(8-14(9-13)18-2)16-10-11-5-3-4-6-15-11/h7-9,11,15-16H,3-6,10H2,1-2H3. The first-order chi connectivity index (χ1) is 8.81. The molecule has 1 atom stereocenters. The van der Waals surface area contributed by atoms with Crippen LogP contribution in [0, 0.1) is 0 Å². The third kappa shape index (κ3) is 3.53. The van der Waals surface area contributed by atoms with E-state index in [2.05, 4.69) is 10.6 Å². The molecule has 4 nitrogen and oxygen atoms in total. The van der Waals surface area contributed by atoms with Crippen LogP contribution in [0.1, 0.15) is 19.3 Å². The molecular formula is C14H22N2O2. The Balaban J connectivity index is 1.94. The molecule has 0 spiro atoms. The molecule has 0 radical (unpaired) electrons. The Morgan fingerprint density at radius 3 is 2.44 bits per heavy atom. The molecule has 0 aliphatic carbocycles. The summed E-state index contributed by atoms with van der Waals surface area (Å²) in [5.74, 6) is 1.63. The highest BCUT2D eigenvalue weighted by Crippen LogP contribution is 2.25. The quantitative estimate of drug-likeness (QED) is 0.841. The molecule has 0 aromatic heterocycles. The minimum Gasteiger partial charge on any atom is -0.497 e. The van der Waals surface area contributed by atoms with Crippen molar-refractivity contribution in [3.05, 3.63) is 18.2 Å². The number of nitrogens with one attached hydrogen (secondary N) is 2. The summed E-state index contributed by atoms with van der Waals surface area (Å²) in [5.41, 5.74) is 1.04. The van der Waals surface area contributed by atoms with Gasteiger partial charge in [-0.3, -0.25) is 0 Å². The van der Waals surface area contributed by atoms with Crippen LogP contribution in [-0.4, -0.2) is 33.4 Å². The van der Waals surface area contributed by atoms with Gasteiger partial charge in [0.2, 0.25) is 0 Å². The van der Waals surface area contributed by atoms with Crippen molar-refractivity contribution in [1.82, 2.24) is 5.32 Å². The van der Waals surface area contributed by atoms with Gasteiger partial charge in [0, 0.05) is 36.5 Å². The predicted molar refractivity (Wildman–Crippen MR) is 73.7 cm³/mol. The summed E-state index contributed by atoms with van der Waals surface area (Å²) in [6.07, 6.45) is 3.86. The molecule has 1 aromatic carbocycles. The summed E-state index contributed by atoms with van der Waals surface area (Å²) in [5, 5.41) is 6.96. The molecular weight excluding hydrogens is 228 g/mol. The average molecular weight is 250 g/mol. The molecule has 1 aromatic rings. The van der Waals surface area contributed by atoms with Crippen molar-refractivity contribution in [2.45, 2.75) is 25.3 Å². The molecule has 100 valence electrons. The van der Waals surface area contributed by atoms with Crippen LogP contribution in [0.4, 0.5) is 5.69 Å². The Labute approximate surface area is 109 Å². The topological polar surface area (TPSA) is 42.5 Å². The average Bonchev–Trinajstić information content (AvgIpc) is 2.45. The molecule has 1 aliphatic rings. The number of piperidine rings is 1. The summed E-state index contributed by atoms with van der Waals surface area (Å²) in [6.45, 7) is 2.07. The van der Waals surface area contributed by atoms with Gasteiger partial charge in [0.15, 0.2) is 0 Å². The number of rotatable bonds is 5. The van der Waals surface area contributed by atoms with Crippen molar-refractivity contribution in [1.29, 1.82) is 0 Å². The zero-order chi connectivity index (χ0) is 12.8. The lowest BCUT2D eigenvalue weighted by Crippen LogP contribution is -2.39. The van der Waals surface area contributed by atoms with Crippen LogP contribution < -0.4 is 20.1 Å². The van der Waals surface area contributed by atoms with Crippen molar-refractivity contribution < 1.29 is 9.47 Å². The summed E-state index contributed by atoms with van der Waals surface area (Å²) < 4.78 is 10.5. The van der Waals surface area contributed by atoms with Gasteiger partial charge in [0.1, 0.15) is 11.5 Å². The van der Waals surface area contributed by atoms with E-state index in [9.17, 15) is 0 Å². The van der Waals surface area contributed by atoms with Gasteiger partial charge in [-0.1, -0.05) is 6.42 Å². The fourth-order valence-corrected chi connectivity index (χ4v) is 2.25. The maximum absolute atomic E-state index is 5.25. The van der Waals surface area contributed by atoms with Gasteiger partial charge in [0.05, 0.1) is 14.2 Å². The van der Waals surface area contributed by atoms with Crippen molar-refractivity contribution in [3.63, 3.8) is 0 Å². The number of anilines is 1. The smallest absolute Gasteiger partial charge is 0.124 e. The van der Waals surface area contributed by atoms with E-state index in [0.29, 0.717) is 6.04 Å². The molecule has 2 N–H and O–H groups in total. The van der Waals surface area contributed by atoms with E-state index in [1.807, 2.05) is 18.2 Å².